The first-order valence-corrected chi connectivity index (χ1v) is 14.7. The summed E-state index contributed by atoms with van der Waals surface area (Å²) < 4.78 is 4.75. The van der Waals surface area contributed by atoms with Crippen molar-refractivity contribution >= 4 is 38.2 Å². The third-order valence-corrected chi connectivity index (χ3v) is 8.42. The maximum atomic E-state index is 5.07. The molecule has 0 unspecified atom stereocenters. The normalized spacial score (nSPS) is 11.6. The van der Waals surface area contributed by atoms with E-state index in [2.05, 4.69) is 122 Å². The first kappa shape index (κ1) is 24.5. The van der Waals surface area contributed by atoms with E-state index >= 15 is 0 Å². The molecule has 9 rings (SSSR count). The van der Waals surface area contributed by atoms with Crippen LogP contribution in [0.3, 0.4) is 0 Å². The second-order valence-electron chi connectivity index (χ2n) is 10.9. The summed E-state index contributed by atoms with van der Waals surface area (Å²) in [5.74, 6) is 0. The number of aromatic nitrogens is 5. The number of rotatable bonds is 4. The second-order valence-corrected chi connectivity index (χ2v) is 10.9. The highest BCUT2D eigenvalue weighted by Gasteiger charge is 2.22. The molecule has 6 aromatic heterocycles. The van der Waals surface area contributed by atoms with Crippen LogP contribution < -0.4 is 0 Å². The summed E-state index contributed by atoms with van der Waals surface area (Å²) in [6, 6.07) is 46.5. The molecule has 6 heterocycles. The number of benzene rings is 3. The van der Waals surface area contributed by atoms with E-state index in [0.717, 1.165) is 50.6 Å². The van der Waals surface area contributed by atoms with Crippen LogP contribution in [-0.2, 0) is 0 Å². The topological polar surface area (TPSA) is 48.0 Å². The summed E-state index contributed by atoms with van der Waals surface area (Å²) in [4.78, 5) is 14.4. The lowest BCUT2D eigenvalue weighted by molar-refractivity contribution is 1.17. The monoisotopic (exact) mass is 563 g/mol. The van der Waals surface area contributed by atoms with Crippen molar-refractivity contribution in [2.24, 2.45) is 0 Å². The molecule has 9 aromatic rings. The van der Waals surface area contributed by atoms with Gasteiger partial charge in [-0.1, -0.05) is 66.7 Å². The van der Waals surface area contributed by atoms with Gasteiger partial charge < -0.3 is 8.97 Å². The van der Waals surface area contributed by atoms with Crippen molar-refractivity contribution in [2.75, 3.05) is 0 Å². The molecule has 0 atom stereocenters. The molecule has 206 valence electrons. The molecule has 5 heteroatoms. The van der Waals surface area contributed by atoms with Crippen molar-refractivity contribution in [1.29, 1.82) is 0 Å². The molecule has 0 aliphatic carbocycles. The van der Waals surface area contributed by atoms with Crippen LogP contribution in [0.25, 0.3) is 77.8 Å². The third-order valence-electron chi connectivity index (χ3n) is 8.42. The smallest absolute Gasteiger partial charge is 0.0900 e. The summed E-state index contributed by atoms with van der Waals surface area (Å²) in [5, 5.41) is 3.61. The Hall–Kier alpha value is -6.07. The summed E-state index contributed by atoms with van der Waals surface area (Å²) in [6.45, 7) is 0. The van der Waals surface area contributed by atoms with Crippen LogP contribution >= 0.6 is 0 Å². The quantitative estimate of drug-likeness (QED) is 0.214. The predicted octanol–water partition coefficient (Wildman–Crippen LogP) is 9.38. The van der Waals surface area contributed by atoms with Gasteiger partial charge >= 0.3 is 0 Å². The average Bonchev–Trinajstić information content (AvgIpc) is 3.62. The van der Waals surface area contributed by atoms with Gasteiger partial charge in [0, 0.05) is 46.0 Å². The van der Waals surface area contributed by atoms with Gasteiger partial charge in [0.15, 0.2) is 0 Å². The molecular formula is C39H25N5. The van der Waals surface area contributed by atoms with E-state index < -0.39 is 0 Å². The lowest BCUT2D eigenvalue weighted by Crippen LogP contribution is -1.97. The van der Waals surface area contributed by atoms with Crippen LogP contribution in [0.15, 0.2) is 152 Å². The van der Waals surface area contributed by atoms with Crippen molar-refractivity contribution in [1.82, 2.24) is 23.9 Å². The average molecular weight is 564 g/mol. The van der Waals surface area contributed by atoms with E-state index in [-0.39, 0.29) is 0 Å². The summed E-state index contributed by atoms with van der Waals surface area (Å²) >= 11 is 0. The first-order valence-electron chi connectivity index (χ1n) is 14.7. The minimum atomic E-state index is 0.808. The van der Waals surface area contributed by atoms with Gasteiger partial charge in [0.1, 0.15) is 0 Å². The lowest BCUT2D eigenvalue weighted by Gasteiger charge is -2.12. The Kier molecular flexibility index (Phi) is 5.43. The standard InChI is InChI=1S/C39H25N5/c1-2-12-27(13-3-1)44-36-19-7-4-14-28(36)29-20-23-43-35-18-6-5-15-30(35)37(39(43)38(29)44)26-24-33(31-16-8-10-21-40-31)42-34(25-26)32-17-9-11-22-41-32/h1-25H. The predicted molar refractivity (Wildman–Crippen MR) is 179 cm³/mol. The van der Waals surface area contributed by atoms with Crippen molar-refractivity contribution < 1.29 is 0 Å². The van der Waals surface area contributed by atoms with E-state index in [9.17, 15) is 0 Å². The molecule has 0 aliphatic heterocycles. The molecule has 0 saturated carbocycles. The Morgan fingerprint density at radius 3 is 1.75 bits per heavy atom. The molecule has 0 amide bonds. The largest absolute Gasteiger partial charge is 0.314 e. The van der Waals surface area contributed by atoms with Gasteiger partial charge in [0.05, 0.1) is 44.8 Å². The van der Waals surface area contributed by atoms with Gasteiger partial charge in [-0.15, -0.1) is 0 Å². The minimum absolute atomic E-state index is 0.808. The zero-order valence-electron chi connectivity index (χ0n) is 23.7. The van der Waals surface area contributed by atoms with Gasteiger partial charge in [0.2, 0.25) is 0 Å². The minimum Gasteiger partial charge on any atom is -0.314 e. The fraction of sp³-hybridized carbons (Fsp3) is 0. The zero-order chi connectivity index (χ0) is 29.0. The third kappa shape index (κ3) is 3.69. The van der Waals surface area contributed by atoms with E-state index in [0.29, 0.717) is 0 Å². The van der Waals surface area contributed by atoms with Crippen LogP contribution in [0.1, 0.15) is 0 Å². The molecule has 0 aliphatic rings. The molecule has 0 bridgehead atoms. The van der Waals surface area contributed by atoms with Gasteiger partial charge in [-0.25, -0.2) is 4.98 Å². The number of hydrogen-bond donors (Lipinski definition) is 0. The molecule has 0 N–H and O–H groups in total. The van der Waals surface area contributed by atoms with E-state index in [4.69, 9.17) is 4.98 Å². The fourth-order valence-corrected chi connectivity index (χ4v) is 6.57. The molecular weight excluding hydrogens is 538 g/mol. The number of pyridine rings is 4. The number of fused-ring (bicyclic) bond motifs is 7. The van der Waals surface area contributed by atoms with Crippen LogP contribution in [0.2, 0.25) is 0 Å². The Bertz CT molecular complexity index is 2420. The van der Waals surface area contributed by atoms with Gasteiger partial charge in [-0.05, 0) is 72.3 Å². The molecule has 0 fully saturated rings. The van der Waals surface area contributed by atoms with Crippen molar-refractivity contribution in [3.63, 3.8) is 0 Å². The van der Waals surface area contributed by atoms with Crippen LogP contribution in [0, 0.1) is 0 Å². The van der Waals surface area contributed by atoms with Crippen molar-refractivity contribution in [3.8, 4) is 39.6 Å². The van der Waals surface area contributed by atoms with Crippen LogP contribution in [-0.4, -0.2) is 23.9 Å². The number of para-hydroxylation sites is 3. The highest BCUT2D eigenvalue weighted by Crippen LogP contribution is 2.43. The Morgan fingerprint density at radius 2 is 1.07 bits per heavy atom. The summed E-state index contributed by atoms with van der Waals surface area (Å²) in [5.41, 5.74) is 11.3. The van der Waals surface area contributed by atoms with E-state index in [1.165, 1.54) is 27.2 Å². The van der Waals surface area contributed by atoms with Crippen LogP contribution in [0.4, 0.5) is 0 Å². The summed E-state index contributed by atoms with van der Waals surface area (Å²) in [7, 11) is 0. The maximum absolute atomic E-state index is 5.07. The van der Waals surface area contributed by atoms with E-state index in [1.807, 2.05) is 48.8 Å². The number of hydrogen-bond acceptors (Lipinski definition) is 3. The molecule has 3 aromatic carbocycles. The lowest BCUT2D eigenvalue weighted by atomic mass is 9.99. The second kappa shape index (κ2) is 9.75. The molecule has 44 heavy (non-hydrogen) atoms. The fourth-order valence-electron chi connectivity index (χ4n) is 6.57. The molecule has 0 radical (unpaired) electrons. The van der Waals surface area contributed by atoms with Crippen molar-refractivity contribution in [2.45, 2.75) is 0 Å². The highest BCUT2D eigenvalue weighted by atomic mass is 15.0. The first-order chi connectivity index (χ1) is 21.8. The number of nitrogens with zero attached hydrogens (tertiary/aromatic N) is 5. The SMILES string of the molecule is c1ccc(-n2c3ccccc3c3ccn4c5ccccc5c(-c5cc(-c6ccccn6)nc(-c6ccccn6)c5)c4c32)cc1. The Labute approximate surface area is 253 Å². The summed E-state index contributed by atoms with van der Waals surface area (Å²) in [6.07, 6.45) is 5.84. The molecule has 5 nitrogen and oxygen atoms in total. The maximum Gasteiger partial charge on any atom is 0.0900 e. The van der Waals surface area contributed by atoms with Gasteiger partial charge in [0.25, 0.3) is 0 Å². The Balaban J connectivity index is 1.48. The van der Waals surface area contributed by atoms with Crippen molar-refractivity contribution in [3.05, 3.63) is 152 Å². The van der Waals surface area contributed by atoms with E-state index in [1.54, 1.807) is 0 Å². The van der Waals surface area contributed by atoms with Gasteiger partial charge in [-0.3, -0.25) is 9.97 Å². The Morgan fingerprint density at radius 1 is 0.455 bits per heavy atom. The zero-order valence-corrected chi connectivity index (χ0v) is 23.7. The van der Waals surface area contributed by atoms with Gasteiger partial charge in [-0.2, -0.15) is 0 Å². The molecule has 0 saturated heterocycles. The highest BCUT2D eigenvalue weighted by molar-refractivity contribution is 6.20. The molecule has 0 spiro atoms. The van der Waals surface area contributed by atoms with Crippen LogP contribution in [0.5, 0.6) is 0 Å².